The SMILES string of the molecule is COCC(C)CNC(=O)c1ccnc(Br)c1. The maximum atomic E-state index is 11.7. The lowest BCUT2D eigenvalue weighted by Gasteiger charge is -2.11. The second-order valence-electron chi connectivity index (χ2n) is 3.64. The van der Waals surface area contributed by atoms with E-state index >= 15 is 0 Å². The van der Waals surface area contributed by atoms with Crippen molar-refractivity contribution in [1.82, 2.24) is 10.3 Å². The molecule has 1 aromatic rings. The van der Waals surface area contributed by atoms with Gasteiger partial charge in [-0.05, 0) is 34.0 Å². The van der Waals surface area contributed by atoms with Gasteiger partial charge in [0.2, 0.25) is 0 Å². The molecule has 1 N–H and O–H groups in total. The summed E-state index contributed by atoms with van der Waals surface area (Å²) in [5, 5.41) is 2.84. The molecule has 1 heterocycles. The number of hydrogen-bond acceptors (Lipinski definition) is 3. The predicted octanol–water partition coefficient (Wildman–Crippen LogP) is 1.86. The Morgan fingerprint density at radius 3 is 3.06 bits per heavy atom. The number of ether oxygens (including phenoxy) is 1. The lowest BCUT2D eigenvalue weighted by molar-refractivity contribution is 0.0934. The summed E-state index contributed by atoms with van der Waals surface area (Å²) in [6.45, 7) is 3.26. The van der Waals surface area contributed by atoms with Crippen LogP contribution in [0, 0.1) is 5.92 Å². The number of nitrogens with zero attached hydrogens (tertiary/aromatic N) is 1. The van der Waals surface area contributed by atoms with Crippen molar-refractivity contribution in [3.05, 3.63) is 28.5 Å². The maximum Gasteiger partial charge on any atom is 0.251 e. The van der Waals surface area contributed by atoms with E-state index < -0.39 is 0 Å². The lowest BCUT2D eigenvalue weighted by atomic mass is 10.2. The average molecular weight is 287 g/mol. The van der Waals surface area contributed by atoms with Gasteiger partial charge in [-0.25, -0.2) is 4.98 Å². The number of hydrogen-bond donors (Lipinski definition) is 1. The van der Waals surface area contributed by atoms with E-state index in [9.17, 15) is 4.79 Å². The Hall–Kier alpha value is -0.940. The molecule has 0 radical (unpaired) electrons. The van der Waals surface area contributed by atoms with Crippen LogP contribution in [0.2, 0.25) is 0 Å². The van der Waals surface area contributed by atoms with Crippen molar-refractivity contribution in [1.29, 1.82) is 0 Å². The van der Waals surface area contributed by atoms with Crippen LogP contribution >= 0.6 is 15.9 Å². The smallest absolute Gasteiger partial charge is 0.251 e. The highest BCUT2D eigenvalue weighted by atomic mass is 79.9. The molecule has 4 nitrogen and oxygen atoms in total. The Labute approximate surface area is 104 Å². The largest absolute Gasteiger partial charge is 0.384 e. The number of methoxy groups -OCH3 is 1. The molecule has 0 saturated heterocycles. The molecule has 1 atom stereocenters. The van der Waals surface area contributed by atoms with Gasteiger partial charge >= 0.3 is 0 Å². The maximum absolute atomic E-state index is 11.7. The molecule has 1 aromatic heterocycles. The van der Waals surface area contributed by atoms with Crippen molar-refractivity contribution in [3.63, 3.8) is 0 Å². The third-order valence-corrected chi connectivity index (χ3v) is 2.48. The summed E-state index contributed by atoms with van der Waals surface area (Å²) in [6, 6.07) is 3.37. The van der Waals surface area contributed by atoms with E-state index in [0.717, 1.165) is 0 Å². The van der Waals surface area contributed by atoms with E-state index in [1.54, 1.807) is 25.4 Å². The first-order valence-electron chi connectivity index (χ1n) is 5.02. The molecular formula is C11H15BrN2O2. The van der Waals surface area contributed by atoms with Crippen molar-refractivity contribution >= 4 is 21.8 Å². The summed E-state index contributed by atoms with van der Waals surface area (Å²) in [4.78, 5) is 15.7. The second kappa shape index (κ2) is 6.60. The number of amides is 1. The van der Waals surface area contributed by atoms with Crippen molar-refractivity contribution in [3.8, 4) is 0 Å². The van der Waals surface area contributed by atoms with E-state index in [-0.39, 0.29) is 5.91 Å². The van der Waals surface area contributed by atoms with Crippen LogP contribution in [0.15, 0.2) is 22.9 Å². The van der Waals surface area contributed by atoms with Gasteiger partial charge in [0.05, 0.1) is 6.61 Å². The molecule has 0 spiro atoms. The minimum atomic E-state index is -0.0916. The van der Waals surface area contributed by atoms with Gasteiger partial charge in [-0.3, -0.25) is 4.79 Å². The van der Waals surface area contributed by atoms with Gasteiger partial charge < -0.3 is 10.1 Å². The predicted molar refractivity (Wildman–Crippen MR) is 65.3 cm³/mol. The van der Waals surface area contributed by atoms with Gasteiger partial charge in [0, 0.05) is 25.4 Å². The highest BCUT2D eigenvalue weighted by Gasteiger charge is 2.08. The van der Waals surface area contributed by atoms with Crippen molar-refractivity contribution < 1.29 is 9.53 Å². The molecule has 0 aliphatic rings. The fourth-order valence-electron chi connectivity index (χ4n) is 1.26. The molecule has 0 fully saturated rings. The van der Waals surface area contributed by atoms with E-state index in [1.165, 1.54) is 0 Å². The molecule has 0 aliphatic heterocycles. The summed E-state index contributed by atoms with van der Waals surface area (Å²) >= 11 is 3.22. The Balaban J connectivity index is 2.47. The van der Waals surface area contributed by atoms with Crippen LogP contribution in [0.1, 0.15) is 17.3 Å². The topological polar surface area (TPSA) is 51.2 Å². The zero-order valence-electron chi connectivity index (χ0n) is 9.37. The standard InChI is InChI=1S/C11H15BrN2O2/c1-8(7-16-2)6-14-11(15)9-3-4-13-10(12)5-9/h3-5,8H,6-7H2,1-2H3,(H,14,15). The zero-order valence-corrected chi connectivity index (χ0v) is 11.0. The van der Waals surface area contributed by atoms with Gasteiger partial charge in [0.25, 0.3) is 5.91 Å². The highest BCUT2D eigenvalue weighted by Crippen LogP contribution is 2.07. The molecule has 0 aromatic carbocycles. The number of pyridine rings is 1. The molecular weight excluding hydrogens is 272 g/mol. The number of carbonyl (C=O) groups excluding carboxylic acids is 1. The van der Waals surface area contributed by atoms with Crippen LogP contribution in [0.4, 0.5) is 0 Å². The summed E-state index contributed by atoms with van der Waals surface area (Å²) in [7, 11) is 1.65. The normalized spacial score (nSPS) is 12.2. The molecule has 88 valence electrons. The number of nitrogens with one attached hydrogen (secondary N) is 1. The third-order valence-electron chi connectivity index (χ3n) is 2.05. The molecule has 1 rings (SSSR count). The Bertz CT molecular complexity index is 358. The van der Waals surface area contributed by atoms with E-state index in [0.29, 0.717) is 29.2 Å². The Morgan fingerprint density at radius 1 is 1.69 bits per heavy atom. The first kappa shape index (κ1) is 13.1. The summed E-state index contributed by atoms with van der Waals surface area (Å²) in [5.41, 5.74) is 0.603. The molecule has 0 bridgehead atoms. The van der Waals surface area contributed by atoms with Crippen LogP contribution < -0.4 is 5.32 Å². The van der Waals surface area contributed by atoms with Crippen LogP contribution in [0.5, 0.6) is 0 Å². The number of rotatable bonds is 5. The molecule has 0 saturated carbocycles. The Morgan fingerprint density at radius 2 is 2.44 bits per heavy atom. The Kier molecular flexibility index (Phi) is 5.42. The molecule has 16 heavy (non-hydrogen) atoms. The van der Waals surface area contributed by atoms with Gasteiger partial charge in [-0.2, -0.15) is 0 Å². The van der Waals surface area contributed by atoms with E-state index in [4.69, 9.17) is 4.74 Å². The van der Waals surface area contributed by atoms with Crippen molar-refractivity contribution in [2.45, 2.75) is 6.92 Å². The first-order chi connectivity index (χ1) is 7.63. The fraction of sp³-hybridized carbons (Fsp3) is 0.455. The number of halogens is 1. The molecule has 1 amide bonds. The van der Waals surface area contributed by atoms with Crippen molar-refractivity contribution in [2.24, 2.45) is 5.92 Å². The van der Waals surface area contributed by atoms with Gasteiger partial charge in [-0.1, -0.05) is 6.92 Å². The molecule has 5 heteroatoms. The molecule has 0 aliphatic carbocycles. The summed E-state index contributed by atoms with van der Waals surface area (Å²) in [5.74, 6) is 0.213. The quantitative estimate of drug-likeness (QED) is 0.841. The van der Waals surface area contributed by atoms with Crippen LogP contribution in [-0.2, 0) is 4.74 Å². The first-order valence-corrected chi connectivity index (χ1v) is 5.81. The summed E-state index contributed by atoms with van der Waals surface area (Å²) < 4.78 is 5.65. The van der Waals surface area contributed by atoms with Crippen molar-refractivity contribution in [2.75, 3.05) is 20.3 Å². The second-order valence-corrected chi connectivity index (χ2v) is 4.45. The average Bonchev–Trinajstić information content (AvgIpc) is 2.26. The van der Waals surface area contributed by atoms with Gasteiger partial charge in [0.15, 0.2) is 0 Å². The fourth-order valence-corrected chi connectivity index (χ4v) is 1.62. The van der Waals surface area contributed by atoms with Crippen LogP contribution in [-0.4, -0.2) is 31.2 Å². The lowest BCUT2D eigenvalue weighted by Crippen LogP contribution is -2.29. The number of carbonyl (C=O) groups is 1. The van der Waals surface area contributed by atoms with E-state index in [2.05, 4.69) is 26.2 Å². The highest BCUT2D eigenvalue weighted by molar-refractivity contribution is 9.10. The molecule has 1 unspecified atom stereocenters. The summed E-state index contributed by atoms with van der Waals surface area (Å²) in [6.07, 6.45) is 1.59. The van der Waals surface area contributed by atoms with Crippen LogP contribution in [0.25, 0.3) is 0 Å². The van der Waals surface area contributed by atoms with Crippen LogP contribution in [0.3, 0.4) is 0 Å². The van der Waals surface area contributed by atoms with Gasteiger partial charge in [0.1, 0.15) is 4.60 Å². The zero-order chi connectivity index (χ0) is 12.0. The van der Waals surface area contributed by atoms with Gasteiger partial charge in [-0.15, -0.1) is 0 Å². The van der Waals surface area contributed by atoms with E-state index in [1.807, 2.05) is 6.92 Å². The third kappa shape index (κ3) is 4.28. The minimum absolute atomic E-state index is 0.0916. The monoisotopic (exact) mass is 286 g/mol. The minimum Gasteiger partial charge on any atom is -0.384 e. The number of aromatic nitrogens is 1.